The summed E-state index contributed by atoms with van der Waals surface area (Å²) in [5, 5.41) is 0. The van der Waals surface area contributed by atoms with Crippen LogP contribution in [0.2, 0.25) is 0 Å². The van der Waals surface area contributed by atoms with E-state index in [1.54, 1.807) is 0 Å². The van der Waals surface area contributed by atoms with Crippen molar-refractivity contribution in [3.05, 3.63) is 146 Å². The molecule has 0 aliphatic carbocycles. The molecule has 0 fully saturated rings. The highest BCUT2D eigenvalue weighted by atomic mass is 16.6. The lowest BCUT2D eigenvalue weighted by molar-refractivity contribution is -0.167. The Bertz CT molecular complexity index is 1730. The van der Waals surface area contributed by atoms with Crippen molar-refractivity contribution in [3.63, 3.8) is 0 Å². The van der Waals surface area contributed by atoms with Gasteiger partial charge in [-0.3, -0.25) is 14.4 Å². The highest BCUT2D eigenvalue weighted by Crippen LogP contribution is 2.15. The molecule has 0 heterocycles. The van der Waals surface area contributed by atoms with Gasteiger partial charge >= 0.3 is 17.9 Å². The summed E-state index contributed by atoms with van der Waals surface area (Å²) in [4.78, 5) is 38.3. The second-order valence-corrected chi connectivity index (χ2v) is 20.9. The molecule has 0 aliphatic rings. The molecule has 0 rings (SSSR count). The Balaban J connectivity index is 4.43. The van der Waals surface area contributed by atoms with E-state index in [1.165, 1.54) is 89.9 Å². The standard InChI is InChI=1S/C73H118O6/c1-4-7-10-13-16-19-22-25-27-29-31-33-35-36-38-39-41-43-45-48-51-54-57-60-63-66-72(75)78-69-70(68-77-71(74)65-62-59-56-53-50-47-24-21-18-15-12-9-6-3)79-73(76)67-64-61-58-55-52-49-46-44-42-40-37-34-32-30-28-26-23-20-17-14-11-8-5-2/h8-9,11-12,17-18,20-22,25-26,28-29,31-32,34-36,40,42,46-47,49-50,70H,4-7,10,13-16,19,23-24,27,30,33,37-39,41,43-45,48,51-69H2,1-3H3/b11-8-,12-9-,20-17-,21-18-,25-22-,28-26-,31-29-,34-32-,36-35-,42-40-,49-46-,50-47-. The van der Waals surface area contributed by atoms with Crippen LogP contribution < -0.4 is 0 Å². The van der Waals surface area contributed by atoms with Gasteiger partial charge in [-0.25, -0.2) is 0 Å². The molecule has 0 saturated carbocycles. The van der Waals surface area contributed by atoms with E-state index >= 15 is 0 Å². The molecule has 0 spiro atoms. The molecular weight excluding hydrogens is 973 g/mol. The lowest BCUT2D eigenvalue weighted by atomic mass is 10.1. The Kier molecular flexibility index (Phi) is 61.9. The molecular formula is C73H118O6. The number of carbonyl (C=O) groups excluding carboxylic acids is 3. The van der Waals surface area contributed by atoms with E-state index in [0.29, 0.717) is 12.8 Å². The molecule has 0 aromatic heterocycles. The van der Waals surface area contributed by atoms with Gasteiger partial charge in [-0.15, -0.1) is 0 Å². The first kappa shape index (κ1) is 74.3. The molecule has 446 valence electrons. The first-order valence-electron chi connectivity index (χ1n) is 32.3. The number of ether oxygens (including phenoxy) is 3. The van der Waals surface area contributed by atoms with E-state index in [1.807, 2.05) is 0 Å². The van der Waals surface area contributed by atoms with E-state index < -0.39 is 6.10 Å². The van der Waals surface area contributed by atoms with Gasteiger partial charge in [-0.05, 0) is 141 Å². The maximum absolute atomic E-state index is 12.9. The summed E-state index contributed by atoms with van der Waals surface area (Å²) in [6.07, 6.45) is 94.3. The zero-order valence-electron chi connectivity index (χ0n) is 51.1. The van der Waals surface area contributed by atoms with E-state index in [-0.39, 0.29) is 37.5 Å². The number of unbranched alkanes of at least 4 members (excludes halogenated alkanes) is 22. The van der Waals surface area contributed by atoms with Gasteiger partial charge in [0.05, 0.1) is 0 Å². The molecule has 0 radical (unpaired) electrons. The fourth-order valence-electron chi connectivity index (χ4n) is 8.53. The molecule has 0 amide bonds. The van der Waals surface area contributed by atoms with Crippen LogP contribution in [0.1, 0.15) is 278 Å². The third kappa shape index (κ3) is 64.0. The monoisotopic (exact) mass is 1090 g/mol. The first-order valence-corrected chi connectivity index (χ1v) is 32.3. The molecule has 0 aromatic carbocycles. The smallest absolute Gasteiger partial charge is 0.306 e. The summed E-state index contributed by atoms with van der Waals surface area (Å²) in [6, 6.07) is 0. The maximum atomic E-state index is 12.9. The van der Waals surface area contributed by atoms with Crippen LogP contribution in [-0.2, 0) is 28.6 Å². The summed E-state index contributed by atoms with van der Waals surface area (Å²) >= 11 is 0. The van der Waals surface area contributed by atoms with Crippen molar-refractivity contribution in [1.82, 2.24) is 0 Å². The van der Waals surface area contributed by atoms with Crippen molar-refractivity contribution in [1.29, 1.82) is 0 Å². The second-order valence-electron chi connectivity index (χ2n) is 20.9. The number of rotatable bonds is 57. The molecule has 1 unspecified atom stereocenters. The minimum atomic E-state index is -0.814. The zero-order chi connectivity index (χ0) is 57.1. The third-order valence-electron chi connectivity index (χ3n) is 13.3. The van der Waals surface area contributed by atoms with Crippen LogP contribution in [0.25, 0.3) is 0 Å². The van der Waals surface area contributed by atoms with Gasteiger partial charge in [-0.1, -0.05) is 263 Å². The Hall–Kier alpha value is -4.71. The quantitative estimate of drug-likeness (QED) is 0.0261. The molecule has 0 saturated heterocycles. The van der Waals surface area contributed by atoms with Gasteiger partial charge < -0.3 is 14.2 Å². The lowest BCUT2D eigenvalue weighted by Gasteiger charge is -2.18. The number of esters is 3. The zero-order valence-corrected chi connectivity index (χ0v) is 51.1. The SMILES string of the molecule is CC/C=C\C/C=C\C/C=C\C/C=C\C/C=C\C/C=C\CCCCCCC(=O)OC(COC(=O)CCCCC/C=C\C/C=C\C/C=C\CC)COC(=O)CCCCCCCCCCCC/C=C\C/C=C\C/C=C\CCCCCCC. The minimum Gasteiger partial charge on any atom is -0.462 e. The van der Waals surface area contributed by atoms with Gasteiger partial charge in [0.1, 0.15) is 13.2 Å². The van der Waals surface area contributed by atoms with E-state index in [0.717, 1.165) is 148 Å². The van der Waals surface area contributed by atoms with Crippen LogP contribution >= 0.6 is 0 Å². The highest BCUT2D eigenvalue weighted by Gasteiger charge is 2.19. The summed E-state index contributed by atoms with van der Waals surface area (Å²) in [5.41, 5.74) is 0. The van der Waals surface area contributed by atoms with Gasteiger partial charge in [0, 0.05) is 19.3 Å². The predicted molar refractivity (Wildman–Crippen MR) is 343 cm³/mol. The van der Waals surface area contributed by atoms with Crippen LogP contribution in [0, 0.1) is 0 Å². The molecule has 0 N–H and O–H groups in total. The van der Waals surface area contributed by atoms with Gasteiger partial charge in [0.25, 0.3) is 0 Å². The fourth-order valence-corrected chi connectivity index (χ4v) is 8.53. The topological polar surface area (TPSA) is 78.9 Å². The molecule has 6 heteroatoms. The number of hydrogen-bond acceptors (Lipinski definition) is 6. The van der Waals surface area contributed by atoms with Crippen LogP contribution in [0.5, 0.6) is 0 Å². The lowest BCUT2D eigenvalue weighted by Crippen LogP contribution is -2.30. The Labute approximate surface area is 487 Å². The largest absolute Gasteiger partial charge is 0.462 e. The summed E-state index contributed by atoms with van der Waals surface area (Å²) in [6.45, 7) is 6.35. The minimum absolute atomic E-state index is 0.105. The third-order valence-corrected chi connectivity index (χ3v) is 13.3. The van der Waals surface area contributed by atoms with Crippen molar-refractivity contribution in [2.24, 2.45) is 0 Å². The van der Waals surface area contributed by atoms with Crippen molar-refractivity contribution in [3.8, 4) is 0 Å². The Morgan fingerprint density at radius 2 is 0.494 bits per heavy atom. The van der Waals surface area contributed by atoms with E-state index in [9.17, 15) is 14.4 Å². The molecule has 0 aromatic rings. The van der Waals surface area contributed by atoms with Crippen LogP contribution in [-0.4, -0.2) is 37.2 Å². The number of carbonyl (C=O) groups is 3. The average Bonchev–Trinajstić information content (AvgIpc) is 3.45. The first-order chi connectivity index (χ1) is 39.0. The van der Waals surface area contributed by atoms with E-state index in [4.69, 9.17) is 14.2 Å². The van der Waals surface area contributed by atoms with Crippen LogP contribution in [0.15, 0.2) is 146 Å². The summed E-state index contributed by atoms with van der Waals surface area (Å²) in [7, 11) is 0. The van der Waals surface area contributed by atoms with Crippen molar-refractivity contribution in [2.75, 3.05) is 13.2 Å². The Morgan fingerprint density at radius 1 is 0.266 bits per heavy atom. The normalized spacial score (nSPS) is 13.1. The van der Waals surface area contributed by atoms with Gasteiger partial charge in [-0.2, -0.15) is 0 Å². The Morgan fingerprint density at radius 3 is 0.785 bits per heavy atom. The van der Waals surface area contributed by atoms with Crippen molar-refractivity contribution < 1.29 is 28.6 Å². The van der Waals surface area contributed by atoms with Crippen molar-refractivity contribution >= 4 is 17.9 Å². The molecule has 1 atom stereocenters. The fraction of sp³-hybridized carbons (Fsp3) is 0.630. The molecule has 6 nitrogen and oxygen atoms in total. The summed E-state index contributed by atoms with van der Waals surface area (Å²) < 4.78 is 16.9. The molecule has 0 bridgehead atoms. The summed E-state index contributed by atoms with van der Waals surface area (Å²) in [5.74, 6) is -0.966. The van der Waals surface area contributed by atoms with Gasteiger partial charge in [0.2, 0.25) is 0 Å². The second kappa shape index (κ2) is 65.8. The number of allylic oxidation sites excluding steroid dienone is 24. The van der Waals surface area contributed by atoms with E-state index in [2.05, 4.69) is 167 Å². The molecule has 79 heavy (non-hydrogen) atoms. The highest BCUT2D eigenvalue weighted by molar-refractivity contribution is 5.71. The van der Waals surface area contributed by atoms with Crippen molar-refractivity contribution in [2.45, 2.75) is 284 Å². The van der Waals surface area contributed by atoms with Crippen LogP contribution in [0.3, 0.4) is 0 Å². The number of hydrogen-bond donors (Lipinski definition) is 0. The van der Waals surface area contributed by atoms with Crippen LogP contribution in [0.4, 0.5) is 0 Å². The van der Waals surface area contributed by atoms with Gasteiger partial charge in [0.15, 0.2) is 6.10 Å². The predicted octanol–water partition coefficient (Wildman–Crippen LogP) is 22.3. The average molecular weight is 1090 g/mol. The molecule has 0 aliphatic heterocycles. The maximum Gasteiger partial charge on any atom is 0.306 e.